The molecule has 4 aromatic rings. The van der Waals surface area contributed by atoms with Gasteiger partial charge in [-0.15, -0.1) is 0 Å². The number of fused-ring (bicyclic) bond motifs is 1. The molecule has 43 heavy (non-hydrogen) atoms. The number of aromatic nitrogens is 1. The molecule has 0 N–H and O–H groups in total. The molecule has 0 bridgehead atoms. The van der Waals surface area contributed by atoms with E-state index < -0.39 is 23.7 Å². The Morgan fingerprint density at radius 3 is 2.28 bits per heavy atom. The summed E-state index contributed by atoms with van der Waals surface area (Å²) in [4.78, 5) is 49.5. The van der Waals surface area contributed by atoms with Gasteiger partial charge in [0.15, 0.2) is 11.8 Å². The van der Waals surface area contributed by atoms with Crippen LogP contribution in [0.4, 0.5) is 4.79 Å². The lowest BCUT2D eigenvalue weighted by atomic mass is 9.89. The van der Waals surface area contributed by atoms with Crippen molar-refractivity contribution in [2.75, 3.05) is 26.3 Å². The fourth-order valence-electron chi connectivity index (χ4n) is 5.67. The van der Waals surface area contributed by atoms with Crippen LogP contribution in [0, 0.1) is 0 Å². The molecule has 1 atom stereocenters. The van der Waals surface area contributed by atoms with Crippen molar-refractivity contribution in [3.63, 3.8) is 0 Å². The maximum atomic E-state index is 14.3. The van der Waals surface area contributed by atoms with Crippen LogP contribution in [0.15, 0.2) is 97.2 Å². The average molecular weight is 576 g/mol. The molecule has 0 aliphatic carbocycles. The number of nitrogens with zero attached hydrogens (tertiary/aromatic N) is 3. The molecule has 1 amide bonds. The van der Waals surface area contributed by atoms with Gasteiger partial charge < -0.3 is 9.47 Å². The standard InChI is InChI=1S/C35H33N3O5/c39-33(30-20-27(18-25-8-3-1-4-9-25)19-28(21-30)22-37-14-16-42-17-15-37)32-34(40)31-29(12-7-13-36-31)23-38(32)35(41)43-24-26-10-5-2-6-11-26/h1-13,19-21,32H,14-18,22-24H2. The van der Waals surface area contributed by atoms with E-state index in [-0.39, 0.29) is 18.8 Å². The summed E-state index contributed by atoms with van der Waals surface area (Å²) in [5, 5.41) is 0. The first-order chi connectivity index (χ1) is 21.0. The van der Waals surface area contributed by atoms with Gasteiger partial charge in [-0.3, -0.25) is 24.4 Å². The summed E-state index contributed by atoms with van der Waals surface area (Å²) in [6.07, 6.45) is 1.44. The van der Waals surface area contributed by atoms with Crippen LogP contribution in [0.2, 0.25) is 0 Å². The van der Waals surface area contributed by atoms with Gasteiger partial charge in [-0.05, 0) is 46.9 Å². The number of hydrogen-bond acceptors (Lipinski definition) is 7. The largest absolute Gasteiger partial charge is 0.445 e. The maximum Gasteiger partial charge on any atom is 0.411 e. The van der Waals surface area contributed by atoms with Gasteiger partial charge >= 0.3 is 6.09 Å². The van der Waals surface area contributed by atoms with E-state index in [9.17, 15) is 14.4 Å². The molecule has 1 fully saturated rings. The summed E-state index contributed by atoms with van der Waals surface area (Å²) < 4.78 is 11.1. The summed E-state index contributed by atoms with van der Waals surface area (Å²) in [5.74, 6) is -0.956. The fourth-order valence-corrected chi connectivity index (χ4v) is 5.67. The highest BCUT2D eigenvalue weighted by Gasteiger charge is 2.43. The van der Waals surface area contributed by atoms with Gasteiger partial charge in [-0.25, -0.2) is 4.79 Å². The highest BCUT2D eigenvalue weighted by Crippen LogP contribution is 2.27. The van der Waals surface area contributed by atoms with Crippen molar-refractivity contribution in [3.05, 3.63) is 136 Å². The molecule has 1 saturated heterocycles. The van der Waals surface area contributed by atoms with Crippen molar-refractivity contribution >= 4 is 17.7 Å². The van der Waals surface area contributed by atoms with Crippen molar-refractivity contribution in [2.45, 2.75) is 32.2 Å². The first kappa shape index (κ1) is 28.5. The number of ether oxygens (including phenoxy) is 2. The molecule has 6 rings (SSSR count). The molecule has 8 nitrogen and oxygen atoms in total. The number of carbonyl (C=O) groups is 3. The highest BCUT2D eigenvalue weighted by molar-refractivity contribution is 6.21. The number of Topliss-reactive ketones (excluding diaryl/α,β-unsaturated/α-hetero) is 2. The molecular weight excluding hydrogens is 542 g/mol. The smallest absolute Gasteiger partial charge is 0.411 e. The quantitative estimate of drug-likeness (QED) is 0.214. The molecule has 218 valence electrons. The Morgan fingerprint density at radius 2 is 1.53 bits per heavy atom. The van der Waals surface area contributed by atoms with Crippen LogP contribution < -0.4 is 0 Å². The van der Waals surface area contributed by atoms with E-state index in [0.29, 0.717) is 37.3 Å². The van der Waals surface area contributed by atoms with Gasteiger partial charge in [-0.1, -0.05) is 72.8 Å². The van der Waals surface area contributed by atoms with Gasteiger partial charge in [0.05, 0.1) is 19.8 Å². The minimum absolute atomic E-state index is 0.0292. The SMILES string of the molecule is O=C(c1cc(Cc2ccccc2)cc(CN2CCOCC2)c1)C1C(=O)c2ncccc2CN1C(=O)OCc1ccccc1. The van der Waals surface area contributed by atoms with Gasteiger partial charge in [0, 0.05) is 37.0 Å². The molecular formula is C35H33N3O5. The van der Waals surface area contributed by atoms with Gasteiger partial charge in [-0.2, -0.15) is 0 Å². The van der Waals surface area contributed by atoms with Gasteiger partial charge in [0.2, 0.25) is 5.78 Å². The lowest BCUT2D eigenvalue weighted by molar-refractivity contribution is 0.0341. The van der Waals surface area contributed by atoms with Crippen molar-refractivity contribution in [1.82, 2.24) is 14.8 Å². The lowest BCUT2D eigenvalue weighted by Gasteiger charge is -2.33. The van der Waals surface area contributed by atoms with Crippen LogP contribution in [0.3, 0.4) is 0 Å². The predicted molar refractivity (Wildman–Crippen MR) is 161 cm³/mol. The number of morpholine rings is 1. The Labute approximate surface area is 250 Å². The van der Waals surface area contributed by atoms with E-state index in [2.05, 4.69) is 16.0 Å². The second-order valence-electron chi connectivity index (χ2n) is 10.9. The zero-order valence-corrected chi connectivity index (χ0v) is 23.9. The second-order valence-corrected chi connectivity index (χ2v) is 10.9. The Bertz CT molecular complexity index is 1600. The molecule has 0 spiro atoms. The van der Waals surface area contributed by atoms with Gasteiger partial charge in [0.1, 0.15) is 12.3 Å². The zero-order valence-electron chi connectivity index (χ0n) is 23.9. The molecule has 2 aliphatic heterocycles. The number of ketones is 2. The van der Waals surface area contributed by atoms with E-state index in [1.165, 1.54) is 11.1 Å². The zero-order chi connectivity index (χ0) is 29.6. The van der Waals surface area contributed by atoms with Crippen molar-refractivity contribution < 1.29 is 23.9 Å². The molecule has 0 radical (unpaired) electrons. The number of amides is 1. The molecule has 2 aliphatic rings. The number of rotatable bonds is 8. The van der Waals surface area contributed by atoms with Crippen LogP contribution in [0.1, 0.15) is 48.7 Å². The summed E-state index contributed by atoms with van der Waals surface area (Å²) in [6.45, 7) is 3.66. The average Bonchev–Trinajstić information content (AvgIpc) is 3.04. The number of hydrogen-bond donors (Lipinski definition) is 0. The Morgan fingerprint density at radius 1 is 0.837 bits per heavy atom. The summed E-state index contributed by atoms with van der Waals surface area (Å²) in [5.41, 5.74) is 5.03. The monoisotopic (exact) mass is 575 g/mol. The van der Waals surface area contributed by atoms with Crippen molar-refractivity contribution in [3.8, 4) is 0 Å². The minimum atomic E-state index is -1.38. The lowest BCUT2D eigenvalue weighted by Crippen LogP contribution is -2.53. The normalized spacial score (nSPS) is 16.9. The third-order valence-corrected chi connectivity index (χ3v) is 7.81. The van der Waals surface area contributed by atoms with E-state index in [4.69, 9.17) is 9.47 Å². The third-order valence-electron chi connectivity index (χ3n) is 7.81. The van der Waals surface area contributed by atoms with E-state index in [0.717, 1.165) is 35.3 Å². The molecule has 8 heteroatoms. The molecule has 3 heterocycles. The van der Waals surface area contributed by atoms with Crippen LogP contribution in [0.25, 0.3) is 0 Å². The van der Waals surface area contributed by atoms with Crippen LogP contribution in [-0.4, -0.2) is 64.8 Å². The predicted octanol–water partition coefficient (Wildman–Crippen LogP) is 5.09. The first-order valence-corrected chi connectivity index (χ1v) is 14.5. The Balaban J connectivity index is 1.33. The number of benzene rings is 3. The summed E-state index contributed by atoms with van der Waals surface area (Å²) in [6, 6.07) is 27.2. The highest BCUT2D eigenvalue weighted by atomic mass is 16.6. The van der Waals surface area contributed by atoms with Crippen molar-refractivity contribution in [1.29, 1.82) is 0 Å². The number of pyridine rings is 1. The third kappa shape index (κ3) is 6.71. The minimum Gasteiger partial charge on any atom is -0.445 e. The Hall–Kier alpha value is -4.66. The van der Waals surface area contributed by atoms with Gasteiger partial charge in [0.25, 0.3) is 0 Å². The second kappa shape index (κ2) is 13.1. The first-order valence-electron chi connectivity index (χ1n) is 14.5. The topological polar surface area (TPSA) is 89.0 Å². The van der Waals surface area contributed by atoms with E-state index in [1.54, 1.807) is 12.1 Å². The maximum absolute atomic E-state index is 14.3. The molecule has 1 unspecified atom stereocenters. The molecule has 0 saturated carbocycles. The fraction of sp³-hybridized carbons (Fsp3) is 0.257. The molecule has 3 aromatic carbocycles. The Kier molecular flexibility index (Phi) is 8.67. The number of carbonyl (C=O) groups excluding carboxylic acids is 3. The summed E-state index contributed by atoms with van der Waals surface area (Å²) in [7, 11) is 0. The van der Waals surface area contributed by atoms with Crippen LogP contribution in [0.5, 0.6) is 0 Å². The van der Waals surface area contributed by atoms with E-state index in [1.807, 2.05) is 72.8 Å². The summed E-state index contributed by atoms with van der Waals surface area (Å²) >= 11 is 0. The van der Waals surface area contributed by atoms with E-state index >= 15 is 0 Å². The van der Waals surface area contributed by atoms with Crippen LogP contribution in [-0.2, 0) is 35.6 Å². The van der Waals surface area contributed by atoms with Crippen molar-refractivity contribution in [2.24, 2.45) is 0 Å². The van der Waals surface area contributed by atoms with Crippen LogP contribution >= 0.6 is 0 Å². The molecule has 1 aromatic heterocycles.